The monoisotopic (exact) mass is 446 g/mol. The van der Waals surface area contributed by atoms with Crippen LogP contribution in [0.4, 0.5) is 5.82 Å². The number of β-amino-alcohol motifs (C(OH)–C–C–N with tert-alkyl or cyclic N) is 1. The number of nitrogens with zero attached hydrogens (tertiary/aromatic N) is 1. The molecule has 0 spiro atoms. The van der Waals surface area contributed by atoms with Gasteiger partial charge in [0, 0.05) is 30.4 Å². The number of carbonyl (C=O) groups is 1. The van der Waals surface area contributed by atoms with Crippen molar-refractivity contribution >= 4 is 11.7 Å². The quantitative estimate of drug-likeness (QED) is 0.362. The molecule has 0 bridgehead atoms. The van der Waals surface area contributed by atoms with E-state index in [1.165, 1.54) is 5.56 Å². The molecule has 0 saturated carbocycles. The minimum Gasteiger partial charge on any atom is -0.387 e. The molecule has 3 rings (SSSR count). The van der Waals surface area contributed by atoms with Crippen molar-refractivity contribution in [2.45, 2.75) is 44.8 Å². The second-order valence-electron chi connectivity index (χ2n) is 9.06. The lowest BCUT2D eigenvalue weighted by molar-refractivity contribution is -0.120. The number of hydrogen-bond donors (Lipinski definition) is 4. The SMILES string of the molecule is CC(C)(Cc1cccc(CC(=O)NCCc2ccccc2)c1)NC[C@H](O)c1ccc(N)nc1. The lowest BCUT2D eigenvalue weighted by atomic mass is 9.93. The average molecular weight is 447 g/mol. The number of aliphatic hydroxyl groups excluding tert-OH is 1. The van der Waals surface area contributed by atoms with Gasteiger partial charge in [-0.3, -0.25) is 4.79 Å². The fourth-order valence-corrected chi connectivity index (χ4v) is 3.77. The van der Waals surface area contributed by atoms with E-state index in [4.69, 9.17) is 5.73 Å². The van der Waals surface area contributed by atoms with E-state index in [-0.39, 0.29) is 11.4 Å². The van der Waals surface area contributed by atoms with Crippen LogP contribution in [0, 0.1) is 0 Å². The molecule has 3 aromatic rings. The first-order valence-corrected chi connectivity index (χ1v) is 11.3. The Balaban J connectivity index is 1.47. The van der Waals surface area contributed by atoms with Crippen LogP contribution in [0.15, 0.2) is 72.9 Å². The third kappa shape index (κ3) is 8.33. The Morgan fingerprint density at radius 2 is 1.76 bits per heavy atom. The molecular formula is C27H34N4O2. The molecule has 0 aliphatic rings. The zero-order valence-corrected chi connectivity index (χ0v) is 19.4. The summed E-state index contributed by atoms with van der Waals surface area (Å²) in [7, 11) is 0. The van der Waals surface area contributed by atoms with Crippen LogP contribution in [-0.4, -0.2) is 34.6 Å². The minimum atomic E-state index is -0.664. The third-order valence-corrected chi connectivity index (χ3v) is 5.55. The lowest BCUT2D eigenvalue weighted by Crippen LogP contribution is -2.43. The standard InChI is InChI=1S/C27H34N4O2/c1-27(2,31-19-24(32)23-11-12-25(28)30-18-23)17-22-10-6-9-21(15-22)16-26(33)29-14-13-20-7-4-3-5-8-20/h3-12,15,18,24,31-32H,13-14,16-17,19H2,1-2H3,(H2,28,30)(H,29,33)/t24-/m0/s1. The highest BCUT2D eigenvalue weighted by atomic mass is 16.3. The van der Waals surface area contributed by atoms with E-state index < -0.39 is 6.10 Å². The number of amides is 1. The Bertz CT molecular complexity index is 1020. The van der Waals surface area contributed by atoms with Gasteiger partial charge < -0.3 is 21.5 Å². The number of pyridine rings is 1. The second-order valence-corrected chi connectivity index (χ2v) is 9.06. The maximum Gasteiger partial charge on any atom is 0.224 e. The summed E-state index contributed by atoms with van der Waals surface area (Å²) < 4.78 is 0. The largest absolute Gasteiger partial charge is 0.387 e. The molecule has 33 heavy (non-hydrogen) atoms. The van der Waals surface area contributed by atoms with E-state index in [0.29, 0.717) is 25.3 Å². The van der Waals surface area contributed by atoms with Crippen LogP contribution >= 0.6 is 0 Å². The van der Waals surface area contributed by atoms with Gasteiger partial charge in [0.15, 0.2) is 0 Å². The molecule has 0 fully saturated rings. The Labute approximate surface area is 196 Å². The van der Waals surface area contributed by atoms with E-state index >= 15 is 0 Å². The van der Waals surface area contributed by atoms with E-state index in [1.807, 2.05) is 30.3 Å². The molecule has 0 aliphatic heterocycles. The fourth-order valence-electron chi connectivity index (χ4n) is 3.77. The predicted molar refractivity (Wildman–Crippen MR) is 133 cm³/mol. The Hall–Kier alpha value is -3.22. The van der Waals surface area contributed by atoms with Crippen LogP contribution < -0.4 is 16.4 Å². The first kappa shape index (κ1) is 24.4. The van der Waals surface area contributed by atoms with Crippen molar-refractivity contribution in [1.82, 2.24) is 15.6 Å². The van der Waals surface area contributed by atoms with Gasteiger partial charge in [-0.25, -0.2) is 4.98 Å². The van der Waals surface area contributed by atoms with Crippen molar-refractivity contribution in [2.24, 2.45) is 0 Å². The number of nitrogen functional groups attached to an aromatic ring is 1. The molecule has 0 radical (unpaired) electrons. The summed E-state index contributed by atoms with van der Waals surface area (Å²) in [5.41, 5.74) is 9.46. The van der Waals surface area contributed by atoms with E-state index in [0.717, 1.165) is 29.5 Å². The Kier molecular flexibility index (Phi) is 8.58. The molecule has 6 nitrogen and oxygen atoms in total. The molecule has 0 saturated heterocycles. The van der Waals surface area contributed by atoms with Crippen molar-refractivity contribution in [3.63, 3.8) is 0 Å². The smallest absolute Gasteiger partial charge is 0.224 e. The first-order chi connectivity index (χ1) is 15.8. The number of nitrogens with two attached hydrogens (primary N) is 1. The third-order valence-electron chi connectivity index (χ3n) is 5.55. The molecule has 1 amide bonds. The molecule has 1 heterocycles. The van der Waals surface area contributed by atoms with Crippen molar-refractivity contribution in [2.75, 3.05) is 18.8 Å². The summed E-state index contributed by atoms with van der Waals surface area (Å²) in [5.74, 6) is 0.463. The first-order valence-electron chi connectivity index (χ1n) is 11.3. The van der Waals surface area contributed by atoms with Crippen molar-refractivity contribution in [1.29, 1.82) is 0 Å². The molecule has 1 atom stereocenters. The molecule has 6 heteroatoms. The molecule has 0 unspecified atom stereocenters. The van der Waals surface area contributed by atoms with Crippen LogP contribution in [0.3, 0.4) is 0 Å². The van der Waals surface area contributed by atoms with E-state index in [1.54, 1.807) is 18.3 Å². The van der Waals surface area contributed by atoms with Crippen molar-refractivity contribution < 1.29 is 9.90 Å². The zero-order valence-electron chi connectivity index (χ0n) is 19.4. The topological polar surface area (TPSA) is 100 Å². The summed E-state index contributed by atoms with van der Waals surface area (Å²) >= 11 is 0. The number of hydrogen-bond acceptors (Lipinski definition) is 5. The Morgan fingerprint density at radius 3 is 2.48 bits per heavy atom. The molecule has 5 N–H and O–H groups in total. The van der Waals surface area contributed by atoms with Crippen molar-refractivity contribution in [3.05, 3.63) is 95.2 Å². The number of aliphatic hydroxyl groups is 1. The van der Waals surface area contributed by atoms with Gasteiger partial charge in [-0.2, -0.15) is 0 Å². The zero-order chi connectivity index (χ0) is 23.7. The van der Waals surface area contributed by atoms with Gasteiger partial charge in [-0.1, -0.05) is 60.7 Å². The predicted octanol–water partition coefficient (Wildman–Crippen LogP) is 3.21. The number of carbonyl (C=O) groups excluding carboxylic acids is 1. The molecule has 2 aromatic carbocycles. The maximum absolute atomic E-state index is 12.4. The highest BCUT2D eigenvalue weighted by molar-refractivity contribution is 5.78. The summed E-state index contributed by atoms with van der Waals surface area (Å²) in [6.45, 7) is 5.24. The van der Waals surface area contributed by atoms with E-state index in [9.17, 15) is 9.90 Å². The number of aromatic nitrogens is 1. The van der Waals surface area contributed by atoms with Crippen LogP contribution in [0.2, 0.25) is 0 Å². The number of nitrogens with one attached hydrogen (secondary N) is 2. The maximum atomic E-state index is 12.4. The molecule has 1 aromatic heterocycles. The van der Waals surface area contributed by atoms with Gasteiger partial charge in [0.05, 0.1) is 12.5 Å². The van der Waals surface area contributed by atoms with Crippen LogP contribution in [0.25, 0.3) is 0 Å². The van der Waals surface area contributed by atoms with Gasteiger partial charge >= 0.3 is 0 Å². The van der Waals surface area contributed by atoms with Crippen LogP contribution in [0.5, 0.6) is 0 Å². The fraction of sp³-hybridized carbons (Fsp3) is 0.333. The second kappa shape index (κ2) is 11.6. The average Bonchev–Trinajstić information content (AvgIpc) is 2.79. The Morgan fingerprint density at radius 1 is 1.03 bits per heavy atom. The normalized spacial score (nSPS) is 12.3. The highest BCUT2D eigenvalue weighted by Crippen LogP contribution is 2.17. The minimum absolute atomic E-state index is 0.0284. The van der Waals surface area contributed by atoms with Gasteiger partial charge in [-0.05, 0) is 49.4 Å². The number of benzene rings is 2. The summed E-state index contributed by atoms with van der Waals surface area (Å²) in [5, 5.41) is 16.9. The van der Waals surface area contributed by atoms with Crippen molar-refractivity contribution in [3.8, 4) is 0 Å². The number of rotatable bonds is 11. The van der Waals surface area contributed by atoms with Gasteiger partial charge in [0.25, 0.3) is 0 Å². The summed E-state index contributed by atoms with van der Waals surface area (Å²) in [6, 6.07) is 21.7. The number of anilines is 1. The van der Waals surface area contributed by atoms with Gasteiger partial charge in [-0.15, -0.1) is 0 Å². The summed E-state index contributed by atoms with van der Waals surface area (Å²) in [6.07, 6.45) is 2.89. The molecule has 0 aliphatic carbocycles. The van der Waals surface area contributed by atoms with Gasteiger partial charge in [0.1, 0.15) is 5.82 Å². The highest BCUT2D eigenvalue weighted by Gasteiger charge is 2.20. The van der Waals surface area contributed by atoms with Gasteiger partial charge in [0.2, 0.25) is 5.91 Å². The molecule has 174 valence electrons. The van der Waals surface area contributed by atoms with Crippen LogP contribution in [0.1, 0.15) is 42.2 Å². The van der Waals surface area contributed by atoms with Crippen LogP contribution in [-0.2, 0) is 24.1 Å². The summed E-state index contributed by atoms with van der Waals surface area (Å²) in [4.78, 5) is 16.4. The lowest BCUT2D eigenvalue weighted by Gasteiger charge is -2.28. The van der Waals surface area contributed by atoms with E-state index in [2.05, 4.69) is 53.7 Å². The molecular weight excluding hydrogens is 412 g/mol.